The van der Waals surface area contributed by atoms with Gasteiger partial charge in [0.05, 0.1) is 5.69 Å². The molecule has 13 heavy (non-hydrogen) atoms. The van der Waals surface area contributed by atoms with E-state index < -0.39 is 0 Å². The van der Waals surface area contributed by atoms with Gasteiger partial charge in [-0.2, -0.15) is 5.10 Å². The lowest BCUT2D eigenvalue weighted by atomic mass is 10.1. The fourth-order valence-electron chi connectivity index (χ4n) is 1.63. The highest BCUT2D eigenvalue weighted by atomic mass is 31.0. The SMILES string of the molecule is Cc1n[nH]c2c1CN(C(=O)P)CC2. The number of amides is 1. The molecular formula is C8H12N3OP. The number of rotatable bonds is 0. The summed E-state index contributed by atoms with van der Waals surface area (Å²) in [6.07, 6.45) is 0.885. The van der Waals surface area contributed by atoms with E-state index in [4.69, 9.17) is 0 Å². The summed E-state index contributed by atoms with van der Waals surface area (Å²) in [5.74, 6) is 0. The summed E-state index contributed by atoms with van der Waals surface area (Å²) in [6, 6.07) is 0. The van der Waals surface area contributed by atoms with Crippen molar-refractivity contribution >= 4 is 14.9 Å². The Labute approximate surface area is 78.9 Å². The summed E-state index contributed by atoms with van der Waals surface area (Å²) in [5.41, 5.74) is 3.43. The van der Waals surface area contributed by atoms with E-state index in [1.165, 1.54) is 11.3 Å². The first-order valence-corrected chi connectivity index (χ1v) is 4.83. The molecule has 0 saturated heterocycles. The molecule has 1 atom stereocenters. The molecule has 0 saturated carbocycles. The fraction of sp³-hybridized carbons (Fsp3) is 0.500. The number of fused-ring (bicyclic) bond motifs is 1. The molecule has 1 aromatic rings. The number of hydrogen-bond acceptors (Lipinski definition) is 2. The third-order valence-electron chi connectivity index (χ3n) is 2.45. The first-order valence-electron chi connectivity index (χ1n) is 4.25. The lowest BCUT2D eigenvalue weighted by molar-refractivity contribution is 0.217. The number of hydrogen-bond donors (Lipinski definition) is 1. The molecule has 1 aliphatic heterocycles. The van der Waals surface area contributed by atoms with Gasteiger partial charge in [0.1, 0.15) is 0 Å². The highest BCUT2D eigenvalue weighted by Gasteiger charge is 2.21. The van der Waals surface area contributed by atoms with Gasteiger partial charge >= 0.3 is 0 Å². The standard InChI is InChI=1S/C8H12N3OP/c1-5-6-4-11(8(12)13)3-2-7(6)10-9-5/h2-4,13H2,1H3,(H,9,10). The summed E-state index contributed by atoms with van der Waals surface area (Å²) >= 11 is 0. The van der Waals surface area contributed by atoms with Crippen LogP contribution in [0.1, 0.15) is 17.0 Å². The van der Waals surface area contributed by atoms with Crippen LogP contribution in [-0.4, -0.2) is 27.3 Å². The Morgan fingerprint density at radius 2 is 2.46 bits per heavy atom. The zero-order chi connectivity index (χ0) is 9.42. The van der Waals surface area contributed by atoms with E-state index in [2.05, 4.69) is 19.4 Å². The van der Waals surface area contributed by atoms with Gasteiger partial charge in [-0.15, -0.1) is 0 Å². The van der Waals surface area contributed by atoms with E-state index in [1.54, 1.807) is 0 Å². The number of nitrogens with zero attached hydrogens (tertiary/aromatic N) is 2. The quantitative estimate of drug-likeness (QED) is 0.632. The molecule has 5 heteroatoms. The summed E-state index contributed by atoms with van der Waals surface area (Å²) in [4.78, 5) is 12.9. The number of aromatic nitrogens is 2. The predicted octanol–water partition coefficient (Wildman–Crippen LogP) is 1.07. The Bertz CT molecular complexity index is 347. The molecule has 0 aliphatic carbocycles. The summed E-state index contributed by atoms with van der Waals surface area (Å²) in [5, 5.41) is 7.11. The number of carbonyl (C=O) groups excluding carboxylic acids is 1. The van der Waals surface area contributed by atoms with Gasteiger partial charge in [0.2, 0.25) is 5.65 Å². The van der Waals surface area contributed by atoms with Crippen LogP contribution in [0, 0.1) is 6.92 Å². The number of carbonyl (C=O) groups is 1. The van der Waals surface area contributed by atoms with Gasteiger partial charge in [-0.3, -0.25) is 9.89 Å². The summed E-state index contributed by atoms with van der Waals surface area (Å²) in [7, 11) is 2.21. The average molecular weight is 197 g/mol. The second kappa shape index (κ2) is 3.11. The molecule has 1 amide bonds. The Kier molecular flexibility index (Phi) is 2.08. The minimum Gasteiger partial charge on any atom is -0.335 e. The molecule has 1 aliphatic rings. The minimum absolute atomic E-state index is 0.0613. The number of nitrogens with one attached hydrogen (secondary N) is 1. The van der Waals surface area contributed by atoms with Crippen molar-refractivity contribution < 1.29 is 4.79 Å². The minimum atomic E-state index is 0.0613. The van der Waals surface area contributed by atoms with Gasteiger partial charge < -0.3 is 4.90 Å². The van der Waals surface area contributed by atoms with E-state index in [9.17, 15) is 4.79 Å². The van der Waals surface area contributed by atoms with Gasteiger partial charge in [-0.1, -0.05) is 0 Å². The van der Waals surface area contributed by atoms with Crippen LogP contribution in [0.3, 0.4) is 0 Å². The lowest BCUT2D eigenvalue weighted by Gasteiger charge is -2.25. The van der Waals surface area contributed by atoms with Gasteiger partial charge in [0.15, 0.2) is 0 Å². The fourth-order valence-corrected chi connectivity index (χ4v) is 1.85. The van der Waals surface area contributed by atoms with Crippen molar-refractivity contribution in [2.75, 3.05) is 6.54 Å². The zero-order valence-electron chi connectivity index (χ0n) is 7.50. The van der Waals surface area contributed by atoms with Crippen LogP contribution in [0.25, 0.3) is 0 Å². The lowest BCUT2D eigenvalue weighted by Crippen LogP contribution is -2.32. The normalized spacial score (nSPS) is 15.7. The van der Waals surface area contributed by atoms with Crippen molar-refractivity contribution in [2.45, 2.75) is 19.9 Å². The Hall–Kier alpha value is -0.890. The largest absolute Gasteiger partial charge is 0.335 e. The van der Waals surface area contributed by atoms with Crippen molar-refractivity contribution in [3.8, 4) is 0 Å². The first-order chi connectivity index (χ1) is 6.18. The maximum atomic E-state index is 11.1. The molecule has 0 bridgehead atoms. The van der Waals surface area contributed by atoms with Crippen molar-refractivity contribution in [2.24, 2.45) is 0 Å². The average Bonchev–Trinajstić information content (AvgIpc) is 2.47. The van der Waals surface area contributed by atoms with E-state index in [0.717, 1.165) is 18.7 Å². The summed E-state index contributed by atoms with van der Waals surface area (Å²) in [6.45, 7) is 3.45. The molecule has 1 N–H and O–H groups in total. The molecule has 1 unspecified atom stereocenters. The Morgan fingerprint density at radius 3 is 3.15 bits per heavy atom. The first kappa shape index (κ1) is 8.70. The van der Waals surface area contributed by atoms with Crippen molar-refractivity contribution in [3.05, 3.63) is 17.0 Å². The molecular weight excluding hydrogens is 185 g/mol. The summed E-state index contributed by atoms with van der Waals surface area (Å²) < 4.78 is 0. The van der Waals surface area contributed by atoms with Gasteiger partial charge in [-0.05, 0) is 16.2 Å². The molecule has 1 aromatic heterocycles. The smallest absolute Gasteiger partial charge is 0.237 e. The van der Waals surface area contributed by atoms with Gasteiger partial charge in [0, 0.05) is 30.8 Å². The topological polar surface area (TPSA) is 49.0 Å². The predicted molar refractivity (Wildman–Crippen MR) is 52.5 cm³/mol. The molecule has 0 radical (unpaired) electrons. The van der Waals surface area contributed by atoms with E-state index >= 15 is 0 Å². The molecule has 0 aromatic carbocycles. The molecule has 2 rings (SSSR count). The third-order valence-corrected chi connectivity index (χ3v) is 2.82. The van der Waals surface area contributed by atoms with E-state index in [1.807, 2.05) is 11.8 Å². The van der Waals surface area contributed by atoms with Crippen molar-refractivity contribution in [3.63, 3.8) is 0 Å². The van der Waals surface area contributed by atoms with Crippen molar-refractivity contribution in [1.29, 1.82) is 0 Å². The maximum Gasteiger partial charge on any atom is 0.237 e. The van der Waals surface area contributed by atoms with E-state index in [0.29, 0.717) is 6.54 Å². The van der Waals surface area contributed by atoms with Gasteiger partial charge in [0.25, 0.3) is 0 Å². The van der Waals surface area contributed by atoms with Crippen LogP contribution >= 0.6 is 9.24 Å². The van der Waals surface area contributed by atoms with Crippen LogP contribution in [0.2, 0.25) is 0 Å². The maximum absolute atomic E-state index is 11.1. The molecule has 70 valence electrons. The van der Waals surface area contributed by atoms with Crippen LogP contribution in [0.15, 0.2) is 0 Å². The molecule has 0 spiro atoms. The number of H-pyrrole nitrogens is 1. The molecule has 4 nitrogen and oxygen atoms in total. The molecule has 0 fully saturated rings. The monoisotopic (exact) mass is 197 g/mol. The highest BCUT2D eigenvalue weighted by Crippen LogP contribution is 2.20. The van der Waals surface area contributed by atoms with Crippen LogP contribution in [0.4, 0.5) is 4.79 Å². The van der Waals surface area contributed by atoms with Gasteiger partial charge in [-0.25, -0.2) is 0 Å². The second-order valence-electron chi connectivity index (χ2n) is 3.28. The number of aryl methyl sites for hydroxylation is 1. The van der Waals surface area contributed by atoms with Crippen LogP contribution in [-0.2, 0) is 13.0 Å². The Morgan fingerprint density at radius 1 is 1.69 bits per heavy atom. The van der Waals surface area contributed by atoms with E-state index in [-0.39, 0.29) is 5.65 Å². The number of aromatic amines is 1. The van der Waals surface area contributed by atoms with Crippen LogP contribution < -0.4 is 0 Å². The van der Waals surface area contributed by atoms with Crippen molar-refractivity contribution in [1.82, 2.24) is 15.1 Å². The second-order valence-corrected chi connectivity index (χ2v) is 3.77. The Balaban J connectivity index is 2.27. The zero-order valence-corrected chi connectivity index (χ0v) is 8.66. The highest BCUT2D eigenvalue weighted by molar-refractivity contribution is 7.39. The van der Waals surface area contributed by atoms with Crippen LogP contribution in [0.5, 0.6) is 0 Å². The third kappa shape index (κ3) is 1.46. The molecule has 2 heterocycles.